The lowest BCUT2D eigenvalue weighted by atomic mass is 9.81. The minimum atomic E-state index is -0.295. The molecular weight excluding hydrogens is 430 g/mol. The van der Waals surface area contributed by atoms with Gasteiger partial charge in [-0.15, -0.1) is 0 Å². The molecule has 172 valence electrons. The van der Waals surface area contributed by atoms with Crippen molar-refractivity contribution in [1.82, 2.24) is 9.97 Å². The largest absolute Gasteiger partial charge is 0.465 e. The van der Waals surface area contributed by atoms with Gasteiger partial charge in [-0.25, -0.2) is 14.6 Å². The van der Waals surface area contributed by atoms with Crippen LogP contribution in [0.15, 0.2) is 48.9 Å². The molecule has 3 heterocycles. The molecule has 3 aromatic rings. The Labute approximate surface area is 201 Å². The van der Waals surface area contributed by atoms with Crippen molar-refractivity contribution in [3.05, 3.63) is 76.9 Å². The number of imidazole rings is 1. The molecule has 5 rings (SSSR count). The molecule has 0 spiro atoms. The second-order valence-corrected chi connectivity index (χ2v) is 7.62. The molecule has 8 nitrogen and oxygen atoms in total. The minimum absolute atomic E-state index is 0.281. The zero-order chi connectivity index (χ0) is 24.5. The highest BCUT2D eigenvalue weighted by atomic mass is 16.5. The fourth-order valence-corrected chi connectivity index (χ4v) is 3.97. The molecule has 2 N–H and O–H groups in total. The van der Waals surface area contributed by atoms with Crippen molar-refractivity contribution >= 4 is 38.8 Å². The van der Waals surface area contributed by atoms with Crippen LogP contribution in [0, 0.1) is 0 Å². The number of methoxy groups -OCH3 is 2. The maximum atomic E-state index is 11.6. The van der Waals surface area contributed by atoms with Crippen molar-refractivity contribution in [2.75, 3.05) is 37.5 Å². The average molecular weight is 456 g/mol. The number of H-pyrrole nitrogens is 1. The van der Waals surface area contributed by atoms with Gasteiger partial charge in [0.15, 0.2) is 0 Å². The van der Waals surface area contributed by atoms with Crippen LogP contribution in [-0.4, -0.2) is 64.7 Å². The first-order chi connectivity index (χ1) is 16.6. The standard InChI is InChI=1S/C14H15N3O2.C10H11NO2.B2/c1-19-14(18)11-3-2-10-4-5-17(13(10)6-11)8-12-7-15-9-16-12;1-13-10(12)8-3-2-7-4-5-11-9(7)6-8;1-2/h2-3,6-7,9H,4-5,8H2,1H3,(H,15,16);2-3,6,11H,4-5H2,1H3;. The van der Waals surface area contributed by atoms with E-state index < -0.39 is 0 Å². The van der Waals surface area contributed by atoms with Crippen LogP contribution < -0.4 is 10.2 Å². The van der Waals surface area contributed by atoms with Crippen molar-refractivity contribution in [2.24, 2.45) is 0 Å². The van der Waals surface area contributed by atoms with Crippen LogP contribution in [0.2, 0.25) is 0 Å². The molecule has 0 bridgehead atoms. The number of anilines is 2. The number of hydrogen-bond acceptors (Lipinski definition) is 7. The van der Waals surface area contributed by atoms with Crippen molar-refractivity contribution in [1.29, 1.82) is 0 Å². The molecular formula is C24H26B2N4O4. The molecule has 2 aliphatic heterocycles. The summed E-state index contributed by atoms with van der Waals surface area (Å²) in [4.78, 5) is 32.1. The van der Waals surface area contributed by atoms with E-state index in [0.29, 0.717) is 11.1 Å². The van der Waals surface area contributed by atoms with Crippen LogP contribution in [0.3, 0.4) is 0 Å². The molecule has 0 unspecified atom stereocenters. The first kappa shape index (κ1) is 25.0. The number of ether oxygens (including phenoxy) is 2. The molecule has 10 heteroatoms. The van der Waals surface area contributed by atoms with E-state index in [-0.39, 0.29) is 11.9 Å². The Morgan fingerprint density at radius 3 is 2.32 bits per heavy atom. The van der Waals surface area contributed by atoms with Gasteiger partial charge in [0.2, 0.25) is 0 Å². The maximum Gasteiger partial charge on any atom is 0.337 e. The van der Waals surface area contributed by atoms with Crippen LogP contribution in [-0.2, 0) is 28.9 Å². The molecule has 0 aliphatic carbocycles. The third kappa shape index (κ3) is 5.81. The summed E-state index contributed by atoms with van der Waals surface area (Å²) in [5.74, 6) is -0.576. The Hall–Kier alpha value is -3.68. The summed E-state index contributed by atoms with van der Waals surface area (Å²) in [6.07, 6.45) is 5.54. The van der Waals surface area contributed by atoms with Gasteiger partial charge in [0, 0.05) is 46.1 Å². The lowest BCUT2D eigenvalue weighted by molar-refractivity contribution is 0.0592. The average Bonchev–Trinajstić information content (AvgIpc) is 3.66. The van der Waals surface area contributed by atoms with E-state index >= 15 is 0 Å². The van der Waals surface area contributed by atoms with Crippen LogP contribution in [0.4, 0.5) is 11.4 Å². The summed E-state index contributed by atoms with van der Waals surface area (Å²) >= 11 is 0. The summed E-state index contributed by atoms with van der Waals surface area (Å²) in [5, 5.41) is 3.21. The van der Waals surface area contributed by atoms with Crippen LogP contribution >= 0.6 is 0 Å². The summed E-state index contributed by atoms with van der Waals surface area (Å²) in [7, 11) is 10.8. The van der Waals surface area contributed by atoms with Crippen molar-refractivity contribution in [3.63, 3.8) is 0 Å². The van der Waals surface area contributed by atoms with Gasteiger partial charge in [0.05, 0.1) is 43.9 Å². The van der Waals surface area contributed by atoms with E-state index in [1.54, 1.807) is 12.4 Å². The van der Waals surface area contributed by atoms with E-state index in [1.165, 1.54) is 25.3 Å². The van der Waals surface area contributed by atoms with Crippen molar-refractivity contribution in [2.45, 2.75) is 19.4 Å². The number of esters is 2. The first-order valence-corrected chi connectivity index (χ1v) is 10.8. The minimum Gasteiger partial charge on any atom is -0.465 e. The zero-order valence-corrected chi connectivity index (χ0v) is 19.3. The molecule has 4 radical (unpaired) electrons. The summed E-state index contributed by atoms with van der Waals surface area (Å²) in [6, 6.07) is 11.4. The highest BCUT2D eigenvalue weighted by molar-refractivity contribution is 6.75. The molecule has 1 aromatic heterocycles. The zero-order valence-electron chi connectivity index (χ0n) is 19.3. The maximum absolute atomic E-state index is 11.6. The molecule has 0 atom stereocenters. The first-order valence-electron chi connectivity index (χ1n) is 10.8. The SMILES string of the molecule is COC(=O)c1ccc2c(c1)N(Cc1cnc[nH]1)CC2.COC(=O)c1ccc2c(c1)NCC2.[B][B]. The van der Waals surface area contributed by atoms with Gasteiger partial charge in [-0.2, -0.15) is 0 Å². The fraction of sp³-hybridized carbons (Fsp3) is 0.292. The topological polar surface area (TPSA) is 96.6 Å². The summed E-state index contributed by atoms with van der Waals surface area (Å²) in [6.45, 7) is 2.69. The van der Waals surface area contributed by atoms with Crippen molar-refractivity contribution < 1.29 is 19.1 Å². The van der Waals surface area contributed by atoms with E-state index in [0.717, 1.165) is 49.5 Å². The Kier molecular flexibility index (Phi) is 8.79. The number of nitrogens with one attached hydrogen (secondary N) is 2. The van der Waals surface area contributed by atoms with Gasteiger partial charge < -0.3 is 24.7 Å². The van der Waals surface area contributed by atoms with Gasteiger partial charge in [0.25, 0.3) is 0 Å². The summed E-state index contributed by atoms with van der Waals surface area (Å²) in [5.41, 5.74) is 6.98. The highest BCUT2D eigenvalue weighted by Crippen LogP contribution is 2.30. The Morgan fingerprint density at radius 1 is 1.00 bits per heavy atom. The number of benzene rings is 2. The fourth-order valence-electron chi connectivity index (χ4n) is 3.97. The Balaban J connectivity index is 0.000000189. The third-order valence-electron chi connectivity index (χ3n) is 5.65. The van der Waals surface area contributed by atoms with Gasteiger partial charge in [-0.3, -0.25) is 0 Å². The second-order valence-electron chi connectivity index (χ2n) is 7.62. The van der Waals surface area contributed by atoms with Crippen LogP contribution in [0.5, 0.6) is 0 Å². The van der Waals surface area contributed by atoms with Gasteiger partial charge in [0.1, 0.15) is 0 Å². The number of aromatic nitrogens is 2. The highest BCUT2D eigenvalue weighted by Gasteiger charge is 2.21. The lowest BCUT2D eigenvalue weighted by Gasteiger charge is -2.18. The van der Waals surface area contributed by atoms with Gasteiger partial charge in [-0.1, -0.05) is 12.1 Å². The predicted octanol–water partition coefficient (Wildman–Crippen LogP) is 2.44. The number of rotatable bonds is 4. The molecule has 0 amide bonds. The number of aromatic amines is 1. The lowest BCUT2D eigenvalue weighted by Crippen LogP contribution is -2.20. The second kappa shape index (κ2) is 12.0. The number of carbonyl (C=O) groups is 2. The third-order valence-corrected chi connectivity index (χ3v) is 5.65. The van der Waals surface area contributed by atoms with Gasteiger partial charge >= 0.3 is 11.9 Å². The Bertz CT molecular complexity index is 1120. The number of fused-ring (bicyclic) bond motifs is 2. The number of hydrogen-bond donors (Lipinski definition) is 2. The quantitative estimate of drug-likeness (QED) is 0.460. The normalized spacial score (nSPS) is 12.7. The molecule has 34 heavy (non-hydrogen) atoms. The molecule has 0 fully saturated rings. The van der Waals surface area contributed by atoms with E-state index in [4.69, 9.17) is 4.74 Å². The van der Waals surface area contributed by atoms with Crippen LogP contribution in [0.25, 0.3) is 0 Å². The predicted molar refractivity (Wildman–Crippen MR) is 133 cm³/mol. The molecule has 0 saturated carbocycles. The van der Waals surface area contributed by atoms with Crippen molar-refractivity contribution in [3.8, 4) is 0 Å². The van der Waals surface area contributed by atoms with E-state index in [9.17, 15) is 9.59 Å². The smallest absolute Gasteiger partial charge is 0.337 e. The van der Waals surface area contributed by atoms with E-state index in [2.05, 4.69) is 40.4 Å². The summed E-state index contributed by atoms with van der Waals surface area (Å²) < 4.78 is 9.39. The number of carbonyl (C=O) groups excluding carboxylic acids is 2. The Morgan fingerprint density at radius 2 is 1.68 bits per heavy atom. The molecule has 2 aliphatic rings. The van der Waals surface area contributed by atoms with E-state index in [1.807, 2.05) is 36.5 Å². The monoisotopic (exact) mass is 456 g/mol. The van der Waals surface area contributed by atoms with Crippen LogP contribution in [0.1, 0.15) is 37.5 Å². The molecule has 0 saturated heterocycles. The number of nitrogens with zero attached hydrogens (tertiary/aromatic N) is 2. The van der Waals surface area contributed by atoms with Gasteiger partial charge in [-0.05, 0) is 48.2 Å². The molecule has 2 aromatic carbocycles.